The lowest BCUT2D eigenvalue weighted by Gasteiger charge is -2.31. The van der Waals surface area contributed by atoms with Crippen LogP contribution >= 0.6 is 0 Å². The van der Waals surface area contributed by atoms with Crippen LogP contribution in [0, 0.1) is 11.6 Å². The maximum Gasteiger partial charge on any atom is 0.239 e. The minimum atomic E-state index is -0.721. The van der Waals surface area contributed by atoms with E-state index < -0.39 is 17.7 Å². The first kappa shape index (κ1) is 19.8. The lowest BCUT2D eigenvalue weighted by atomic mass is 10.0. The lowest BCUT2D eigenvalue weighted by molar-refractivity contribution is -0.120. The molecule has 1 aliphatic heterocycles. The standard InChI is InChI=1S/C20H19F2N9O/c1-9(27-18-16-17(26-8-25-16)29-20(23)30-18)11-6-12-13(22)4-10(21)5-14(12)28-19(11)31-3-2-24-15(32)7-31/h4-6,8-9H,2-3,7H2,1H3,(H,24,32)(H4,23,25,26,27,29,30)/t9-/m0/s1. The smallest absolute Gasteiger partial charge is 0.239 e. The van der Waals surface area contributed by atoms with Crippen molar-refractivity contribution in [3.8, 4) is 0 Å². The first-order valence-corrected chi connectivity index (χ1v) is 9.93. The Balaban J connectivity index is 1.62. The molecule has 1 saturated heterocycles. The van der Waals surface area contributed by atoms with Crippen molar-refractivity contribution >= 4 is 45.6 Å². The van der Waals surface area contributed by atoms with Gasteiger partial charge in [0.25, 0.3) is 0 Å². The summed E-state index contributed by atoms with van der Waals surface area (Å²) in [5, 5.41) is 6.19. The second kappa shape index (κ2) is 7.55. The number of carbonyl (C=O) groups is 1. The summed E-state index contributed by atoms with van der Waals surface area (Å²) >= 11 is 0. The molecule has 0 saturated carbocycles. The largest absolute Gasteiger partial charge is 0.368 e. The minimum absolute atomic E-state index is 0.0466. The van der Waals surface area contributed by atoms with Crippen molar-refractivity contribution in [1.29, 1.82) is 0 Å². The third-order valence-electron chi connectivity index (χ3n) is 5.32. The Labute approximate surface area is 180 Å². The highest BCUT2D eigenvalue weighted by atomic mass is 19.1. The van der Waals surface area contributed by atoms with Crippen molar-refractivity contribution in [2.24, 2.45) is 0 Å². The summed E-state index contributed by atoms with van der Waals surface area (Å²) < 4.78 is 28.4. The van der Waals surface area contributed by atoms with Gasteiger partial charge in [-0.25, -0.2) is 18.7 Å². The van der Waals surface area contributed by atoms with Crippen LogP contribution in [0.15, 0.2) is 24.5 Å². The zero-order chi connectivity index (χ0) is 22.4. The predicted molar refractivity (Wildman–Crippen MR) is 115 cm³/mol. The number of fused-ring (bicyclic) bond motifs is 2. The van der Waals surface area contributed by atoms with Gasteiger partial charge in [-0.15, -0.1) is 0 Å². The number of aromatic nitrogens is 5. The minimum Gasteiger partial charge on any atom is -0.368 e. The fourth-order valence-electron chi connectivity index (χ4n) is 3.83. The summed E-state index contributed by atoms with van der Waals surface area (Å²) in [6, 6.07) is 3.18. The Morgan fingerprint density at radius 1 is 1.22 bits per heavy atom. The highest BCUT2D eigenvalue weighted by Gasteiger charge is 2.25. The number of hydrogen-bond donors (Lipinski definition) is 4. The molecule has 12 heteroatoms. The van der Waals surface area contributed by atoms with Crippen LogP contribution in [0.3, 0.4) is 0 Å². The molecule has 0 unspecified atom stereocenters. The maximum atomic E-state index is 14.5. The van der Waals surface area contributed by atoms with Gasteiger partial charge in [0.1, 0.15) is 23.0 Å². The van der Waals surface area contributed by atoms with Crippen LogP contribution in [0.2, 0.25) is 0 Å². The van der Waals surface area contributed by atoms with E-state index in [-0.39, 0.29) is 29.3 Å². The van der Waals surface area contributed by atoms with Gasteiger partial charge < -0.3 is 26.3 Å². The molecule has 1 aromatic carbocycles. The number of H-pyrrole nitrogens is 1. The van der Waals surface area contributed by atoms with E-state index in [1.54, 1.807) is 11.0 Å². The molecule has 10 nitrogen and oxygen atoms in total. The number of anilines is 3. The van der Waals surface area contributed by atoms with E-state index in [1.807, 2.05) is 6.92 Å². The van der Waals surface area contributed by atoms with E-state index in [9.17, 15) is 13.6 Å². The van der Waals surface area contributed by atoms with Crippen molar-refractivity contribution < 1.29 is 13.6 Å². The molecule has 0 bridgehead atoms. The van der Waals surface area contributed by atoms with E-state index in [0.717, 1.165) is 6.07 Å². The molecule has 0 radical (unpaired) electrons. The predicted octanol–water partition coefficient (Wildman–Crippen LogP) is 1.87. The fraction of sp³-hybridized carbons (Fsp3) is 0.250. The fourth-order valence-corrected chi connectivity index (χ4v) is 3.83. The van der Waals surface area contributed by atoms with Crippen LogP contribution in [-0.2, 0) is 4.79 Å². The normalized spacial score (nSPS) is 15.2. The average Bonchev–Trinajstić information content (AvgIpc) is 3.21. The van der Waals surface area contributed by atoms with Gasteiger partial charge in [-0.3, -0.25) is 4.79 Å². The molecule has 0 spiro atoms. The molecular formula is C20H19F2N9O. The molecule has 32 heavy (non-hydrogen) atoms. The SMILES string of the molecule is C[C@H](Nc1nc(N)nc2nc[nH]c12)c1cc2c(F)cc(F)cc2nc1N1CCNC(=O)C1. The van der Waals surface area contributed by atoms with E-state index >= 15 is 0 Å². The summed E-state index contributed by atoms with van der Waals surface area (Å²) in [6.07, 6.45) is 1.48. The molecule has 0 aliphatic carbocycles. The van der Waals surface area contributed by atoms with Crippen molar-refractivity contribution in [3.63, 3.8) is 0 Å². The van der Waals surface area contributed by atoms with Crippen molar-refractivity contribution in [2.75, 3.05) is 35.6 Å². The van der Waals surface area contributed by atoms with Gasteiger partial charge in [0, 0.05) is 36.2 Å². The zero-order valence-electron chi connectivity index (χ0n) is 17.0. The molecule has 5 N–H and O–H groups in total. The number of nitrogens with two attached hydrogens (primary N) is 1. The number of nitrogens with one attached hydrogen (secondary N) is 3. The van der Waals surface area contributed by atoms with E-state index in [1.165, 1.54) is 12.4 Å². The molecule has 1 aliphatic rings. The summed E-state index contributed by atoms with van der Waals surface area (Å²) in [5.74, 6) is -0.670. The first-order valence-electron chi connectivity index (χ1n) is 9.93. The van der Waals surface area contributed by atoms with Gasteiger partial charge in [-0.1, -0.05) is 0 Å². The monoisotopic (exact) mass is 439 g/mol. The van der Waals surface area contributed by atoms with Gasteiger partial charge in [0.05, 0.1) is 24.4 Å². The molecule has 1 fully saturated rings. The summed E-state index contributed by atoms with van der Waals surface area (Å²) in [4.78, 5) is 33.7. The summed E-state index contributed by atoms with van der Waals surface area (Å²) in [6.45, 7) is 2.88. The first-order chi connectivity index (χ1) is 15.4. The molecular weight excluding hydrogens is 420 g/mol. The third kappa shape index (κ3) is 3.49. The van der Waals surface area contributed by atoms with Crippen LogP contribution in [0.25, 0.3) is 22.1 Å². The number of pyridine rings is 1. The van der Waals surface area contributed by atoms with Gasteiger partial charge in [-0.05, 0) is 13.0 Å². The lowest BCUT2D eigenvalue weighted by Crippen LogP contribution is -2.48. The molecule has 1 amide bonds. The quantitative estimate of drug-likeness (QED) is 0.378. The van der Waals surface area contributed by atoms with Crippen LogP contribution < -0.4 is 21.3 Å². The molecule has 1 atom stereocenters. The number of hydrogen-bond acceptors (Lipinski definition) is 8. The number of carbonyl (C=O) groups excluding carboxylic acids is 1. The highest BCUT2D eigenvalue weighted by molar-refractivity contribution is 5.87. The number of nitrogen functional groups attached to an aromatic ring is 1. The Kier molecular flexibility index (Phi) is 4.68. The van der Waals surface area contributed by atoms with E-state index in [2.05, 4.69) is 35.6 Å². The highest BCUT2D eigenvalue weighted by Crippen LogP contribution is 2.33. The topological polar surface area (TPSA) is 138 Å². The van der Waals surface area contributed by atoms with E-state index in [4.69, 9.17) is 5.73 Å². The number of aromatic amines is 1. The third-order valence-corrected chi connectivity index (χ3v) is 5.32. The number of imidazole rings is 1. The van der Waals surface area contributed by atoms with Gasteiger partial charge in [-0.2, -0.15) is 9.97 Å². The number of amides is 1. The Bertz CT molecular complexity index is 1360. The number of benzene rings is 1. The van der Waals surface area contributed by atoms with Crippen molar-refractivity contribution in [2.45, 2.75) is 13.0 Å². The van der Waals surface area contributed by atoms with Crippen LogP contribution in [0.4, 0.5) is 26.4 Å². The Hall–Kier alpha value is -4.09. The summed E-state index contributed by atoms with van der Waals surface area (Å²) in [7, 11) is 0. The van der Waals surface area contributed by atoms with Crippen molar-refractivity contribution in [1.82, 2.24) is 30.2 Å². The van der Waals surface area contributed by atoms with Gasteiger partial charge in [0.15, 0.2) is 11.5 Å². The van der Waals surface area contributed by atoms with Gasteiger partial charge in [0.2, 0.25) is 11.9 Å². The van der Waals surface area contributed by atoms with Crippen LogP contribution in [0.1, 0.15) is 18.5 Å². The van der Waals surface area contributed by atoms with Gasteiger partial charge >= 0.3 is 0 Å². The number of nitrogens with zero attached hydrogens (tertiary/aromatic N) is 5. The Morgan fingerprint density at radius 2 is 2.06 bits per heavy atom. The van der Waals surface area contributed by atoms with Crippen molar-refractivity contribution in [3.05, 3.63) is 41.7 Å². The number of piperazine rings is 1. The number of rotatable bonds is 4. The van der Waals surface area contributed by atoms with Crippen LogP contribution in [0.5, 0.6) is 0 Å². The molecule has 3 aromatic heterocycles. The molecule has 5 rings (SSSR count). The Morgan fingerprint density at radius 3 is 2.88 bits per heavy atom. The van der Waals surface area contributed by atoms with E-state index in [0.29, 0.717) is 41.5 Å². The molecule has 4 aromatic rings. The maximum absolute atomic E-state index is 14.5. The second-order valence-corrected chi connectivity index (χ2v) is 7.52. The van der Waals surface area contributed by atoms with Crippen LogP contribution in [-0.4, -0.2) is 50.5 Å². The molecule has 164 valence electrons. The zero-order valence-corrected chi connectivity index (χ0v) is 17.0. The second-order valence-electron chi connectivity index (χ2n) is 7.52. The average molecular weight is 439 g/mol. The summed E-state index contributed by atoms with van der Waals surface area (Å²) in [5.41, 5.74) is 7.55. The molecule has 4 heterocycles. The number of halogens is 2.